The fourth-order valence-electron chi connectivity index (χ4n) is 3.43. The normalized spacial score (nSPS) is 16.6. The number of benzene rings is 1. The lowest BCUT2D eigenvalue weighted by atomic mass is 9.90. The Balaban J connectivity index is 1.69. The van der Waals surface area contributed by atoms with E-state index in [0.717, 1.165) is 33.8 Å². The number of hydrogen-bond acceptors (Lipinski definition) is 5. The molecule has 0 spiro atoms. The average Bonchev–Trinajstić information content (AvgIpc) is 3.12. The minimum atomic E-state index is -0.669. The third kappa shape index (κ3) is 3.02. The Labute approximate surface area is 152 Å². The van der Waals surface area contributed by atoms with Gasteiger partial charge in [-0.25, -0.2) is 4.98 Å². The van der Waals surface area contributed by atoms with Crippen LogP contribution in [-0.2, 0) is 0 Å². The highest BCUT2D eigenvalue weighted by molar-refractivity contribution is 5.67. The molecule has 1 aliphatic rings. The maximum absolute atomic E-state index is 11.1. The van der Waals surface area contributed by atoms with Crippen LogP contribution in [0.4, 0.5) is 5.82 Å². The first-order valence-electron chi connectivity index (χ1n) is 8.82. The van der Waals surface area contributed by atoms with Crippen LogP contribution in [0.2, 0.25) is 0 Å². The molecular weight excluding hydrogens is 326 g/mol. The summed E-state index contributed by atoms with van der Waals surface area (Å²) in [5.41, 5.74) is 3.83. The molecule has 0 fully saturated rings. The molecule has 1 aromatic carbocycles. The molecule has 132 valence electrons. The van der Waals surface area contributed by atoms with Crippen molar-refractivity contribution in [2.75, 3.05) is 18.5 Å². The fraction of sp³-hybridized carbons (Fsp3) is 0.238. The number of pyridine rings is 2. The second kappa shape index (κ2) is 7.14. The van der Waals surface area contributed by atoms with Crippen molar-refractivity contribution in [1.82, 2.24) is 9.97 Å². The maximum Gasteiger partial charge on any atom is 0.129 e. The van der Waals surface area contributed by atoms with Gasteiger partial charge in [-0.15, -0.1) is 0 Å². The minimum Gasteiger partial charge on any atom is -0.493 e. The first kappa shape index (κ1) is 16.5. The highest BCUT2D eigenvalue weighted by Crippen LogP contribution is 2.42. The van der Waals surface area contributed by atoms with Gasteiger partial charge in [-0.05, 0) is 25.1 Å². The lowest BCUT2D eigenvalue weighted by Gasteiger charge is -2.21. The van der Waals surface area contributed by atoms with Crippen LogP contribution in [-0.4, -0.2) is 28.2 Å². The molecule has 2 aromatic heterocycles. The number of hydrogen-bond donors (Lipinski definition) is 2. The third-order valence-electron chi connectivity index (χ3n) is 4.72. The Hall–Kier alpha value is -2.92. The number of aromatic nitrogens is 2. The van der Waals surface area contributed by atoms with Crippen LogP contribution in [0.1, 0.15) is 30.1 Å². The van der Waals surface area contributed by atoms with Crippen LogP contribution in [0.15, 0.2) is 61.1 Å². The molecule has 0 aliphatic carbocycles. The van der Waals surface area contributed by atoms with Crippen LogP contribution in [0.3, 0.4) is 0 Å². The van der Waals surface area contributed by atoms with E-state index in [9.17, 15) is 5.11 Å². The molecule has 26 heavy (non-hydrogen) atoms. The van der Waals surface area contributed by atoms with Crippen LogP contribution in [0.5, 0.6) is 5.75 Å². The van der Waals surface area contributed by atoms with E-state index in [-0.39, 0.29) is 5.92 Å². The lowest BCUT2D eigenvalue weighted by Crippen LogP contribution is -2.14. The molecule has 0 saturated carbocycles. The number of aliphatic hydroxyl groups is 1. The van der Waals surface area contributed by atoms with Crippen molar-refractivity contribution in [2.24, 2.45) is 0 Å². The quantitative estimate of drug-likeness (QED) is 0.735. The van der Waals surface area contributed by atoms with E-state index in [2.05, 4.69) is 21.4 Å². The molecule has 0 amide bonds. The molecule has 4 rings (SSSR count). The smallest absolute Gasteiger partial charge is 0.129 e. The van der Waals surface area contributed by atoms with Crippen molar-refractivity contribution in [2.45, 2.75) is 18.9 Å². The molecule has 5 heteroatoms. The molecule has 2 unspecified atom stereocenters. The van der Waals surface area contributed by atoms with E-state index in [1.807, 2.05) is 55.7 Å². The summed E-state index contributed by atoms with van der Waals surface area (Å²) >= 11 is 0. The number of aliphatic hydroxyl groups excluding tert-OH is 1. The number of ether oxygens (including phenoxy) is 1. The molecular formula is C21H21N3O2. The largest absolute Gasteiger partial charge is 0.493 e. The van der Waals surface area contributed by atoms with Crippen LogP contribution < -0.4 is 10.1 Å². The maximum atomic E-state index is 11.1. The molecule has 1 aliphatic heterocycles. The van der Waals surface area contributed by atoms with Crippen LogP contribution in [0, 0.1) is 0 Å². The molecule has 2 atom stereocenters. The van der Waals surface area contributed by atoms with E-state index < -0.39 is 6.10 Å². The molecule has 5 nitrogen and oxygen atoms in total. The van der Waals surface area contributed by atoms with E-state index in [1.54, 1.807) is 6.20 Å². The van der Waals surface area contributed by atoms with E-state index >= 15 is 0 Å². The van der Waals surface area contributed by atoms with Gasteiger partial charge in [0.25, 0.3) is 0 Å². The van der Waals surface area contributed by atoms with E-state index in [4.69, 9.17) is 4.74 Å². The van der Waals surface area contributed by atoms with Crippen molar-refractivity contribution in [1.29, 1.82) is 0 Å². The standard InChI is InChI=1S/C21H21N3O2/c1-2-26-19-8-4-3-7-16(19)20(25)18-13-24-21-17(18)10-15(12-23-21)14-6-5-9-22-11-14/h3-12,18,20,25H,2,13H2,1H3,(H,23,24). The SMILES string of the molecule is CCOc1ccccc1C(O)C1CNc2ncc(-c3cccnc3)cc21. The Bertz CT molecular complexity index is 899. The molecule has 0 radical (unpaired) electrons. The summed E-state index contributed by atoms with van der Waals surface area (Å²) in [5, 5.41) is 14.4. The van der Waals surface area contributed by atoms with Crippen LogP contribution in [0.25, 0.3) is 11.1 Å². The van der Waals surface area contributed by atoms with Crippen LogP contribution >= 0.6 is 0 Å². The first-order valence-corrected chi connectivity index (χ1v) is 8.82. The zero-order valence-corrected chi connectivity index (χ0v) is 14.6. The Morgan fingerprint density at radius 1 is 1.19 bits per heavy atom. The van der Waals surface area contributed by atoms with Crippen molar-refractivity contribution in [3.05, 3.63) is 72.2 Å². The Kier molecular flexibility index (Phi) is 4.54. The second-order valence-electron chi connectivity index (χ2n) is 6.31. The van der Waals surface area contributed by atoms with Crippen molar-refractivity contribution < 1.29 is 9.84 Å². The van der Waals surface area contributed by atoms with Gasteiger partial charge in [-0.3, -0.25) is 4.98 Å². The summed E-state index contributed by atoms with van der Waals surface area (Å²) in [6.45, 7) is 3.15. The zero-order chi connectivity index (χ0) is 17.9. The molecule has 3 heterocycles. The summed E-state index contributed by atoms with van der Waals surface area (Å²) < 4.78 is 5.69. The first-order chi connectivity index (χ1) is 12.8. The summed E-state index contributed by atoms with van der Waals surface area (Å²) in [6, 6.07) is 13.7. The highest BCUT2D eigenvalue weighted by Gasteiger charge is 2.32. The van der Waals surface area contributed by atoms with Gasteiger partial charge in [0.15, 0.2) is 0 Å². The lowest BCUT2D eigenvalue weighted by molar-refractivity contribution is 0.147. The summed E-state index contributed by atoms with van der Waals surface area (Å²) in [5.74, 6) is 1.47. The minimum absolute atomic E-state index is 0.0873. The third-order valence-corrected chi connectivity index (χ3v) is 4.72. The average molecular weight is 347 g/mol. The van der Waals surface area contributed by atoms with E-state index in [1.165, 1.54) is 0 Å². The predicted octanol–water partition coefficient (Wildman–Crippen LogP) is 3.79. The second-order valence-corrected chi connectivity index (χ2v) is 6.31. The van der Waals surface area contributed by atoms with Gasteiger partial charge in [0.2, 0.25) is 0 Å². The highest BCUT2D eigenvalue weighted by atomic mass is 16.5. The zero-order valence-electron chi connectivity index (χ0n) is 14.6. The number of fused-ring (bicyclic) bond motifs is 1. The van der Waals surface area contributed by atoms with Crippen molar-refractivity contribution in [3.8, 4) is 16.9 Å². The number of para-hydroxylation sites is 1. The number of rotatable bonds is 5. The monoisotopic (exact) mass is 347 g/mol. The number of nitrogens with zero attached hydrogens (tertiary/aromatic N) is 2. The predicted molar refractivity (Wildman–Crippen MR) is 101 cm³/mol. The van der Waals surface area contributed by atoms with Crippen molar-refractivity contribution >= 4 is 5.82 Å². The van der Waals surface area contributed by atoms with Gasteiger partial charge < -0.3 is 15.2 Å². The summed E-state index contributed by atoms with van der Waals surface area (Å²) in [7, 11) is 0. The molecule has 0 bridgehead atoms. The van der Waals surface area contributed by atoms with Gasteiger partial charge in [-0.2, -0.15) is 0 Å². The Morgan fingerprint density at radius 3 is 2.88 bits per heavy atom. The Morgan fingerprint density at radius 2 is 2.08 bits per heavy atom. The molecule has 0 saturated heterocycles. The summed E-state index contributed by atoms with van der Waals surface area (Å²) in [4.78, 5) is 8.72. The number of anilines is 1. The van der Waals surface area contributed by atoms with Gasteiger partial charge in [0.05, 0.1) is 12.7 Å². The topological polar surface area (TPSA) is 67.3 Å². The van der Waals surface area contributed by atoms with Gasteiger partial charge in [0, 0.05) is 53.3 Å². The molecule has 3 aromatic rings. The molecule has 2 N–H and O–H groups in total. The summed E-state index contributed by atoms with van der Waals surface area (Å²) in [6.07, 6.45) is 4.74. The number of nitrogens with one attached hydrogen (secondary N) is 1. The van der Waals surface area contributed by atoms with Gasteiger partial charge in [0.1, 0.15) is 11.6 Å². The van der Waals surface area contributed by atoms with Crippen molar-refractivity contribution in [3.63, 3.8) is 0 Å². The van der Waals surface area contributed by atoms with E-state index in [0.29, 0.717) is 13.2 Å². The van der Waals surface area contributed by atoms with Gasteiger partial charge in [-0.1, -0.05) is 24.3 Å². The van der Waals surface area contributed by atoms with Gasteiger partial charge >= 0.3 is 0 Å². The fourth-order valence-corrected chi connectivity index (χ4v) is 3.43.